The number of nitrogens with one attached hydrogen (secondary N) is 1. The lowest BCUT2D eigenvalue weighted by molar-refractivity contribution is 0.0959. The lowest BCUT2D eigenvalue weighted by Gasteiger charge is -2.16. The fraction of sp³-hybridized carbons (Fsp3) is 0.206. The molecule has 0 atom stereocenters. The van der Waals surface area contributed by atoms with Gasteiger partial charge in [0.2, 0.25) is 0 Å². The van der Waals surface area contributed by atoms with Crippen molar-refractivity contribution in [2.75, 3.05) is 7.05 Å². The molecule has 1 aliphatic carbocycles. The molecule has 2 heterocycles. The van der Waals surface area contributed by atoms with E-state index in [0.717, 1.165) is 35.2 Å². The number of amides is 1. The Balaban J connectivity index is 1.42. The van der Waals surface area contributed by atoms with Crippen LogP contribution < -0.4 is 5.32 Å². The molecular weight excluding hydrogens is 501 g/mol. The number of Topliss-reactive ketones (excluding diaryl/α,β-unsaturated/α-hetero) is 1. The largest absolute Gasteiger partial charge is 0.355 e. The van der Waals surface area contributed by atoms with Crippen molar-refractivity contribution in [2.45, 2.75) is 38.5 Å². The fourth-order valence-corrected chi connectivity index (χ4v) is 5.65. The second-order valence-electron chi connectivity index (χ2n) is 10.8. The quantitative estimate of drug-likeness (QED) is 0.228. The third kappa shape index (κ3) is 4.49. The minimum Gasteiger partial charge on any atom is -0.355 e. The van der Waals surface area contributed by atoms with Gasteiger partial charge in [-0.15, -0.1) is 0 Å². The van der Waals surface area contributed by atoms with Crippen LogP contribution in [0.15, 0.2) is 84.9 Å². The Morgan fingerprint density at radius 1 is 0.925 bits per heavy atom. The van der Waals surface area contributed by atoms with E-state index in [1.165, 1.54) is 17.7 Å². The molecule has 0 aliphatic heterocycles. The summed E-state index contributed by atoms with van der Waals surface area (Å²) in [6.45, 7) is 3.96. The van der Waals surface area contributed by atoms with Crippen LogP contribution in [0.4, 0.5) is 4.39 Å². The van der Waals surface area contributed by atoms with Crippen LogP contribution >= 0.6 is 0 Å². The van der Waals surface area contributed by atoms with Gasteiger partial charge in [0.15, 0.2) is 5.78 Å². The molecule has 5 aromatic rings. The predicted octanol–water partition coefficient (Wildman–Crippen LogP) is 7.09. The number of halogens is 1. The number of aryl methyl sites for hydroxylation is 2. The molecule has 6 heteroatoms. The molecule has 3 aromatic carbocycles. The van der Waals surface area contributed by atoms with Gasteiger partial charge in [-0.2, -0.15) is 5.10 Å². The Bertz CT molecular complexity index is 1770. The van der Waals surface area contributed by atoms with Gasteiger partial charge in [0.05, 0.1) is 11.1 Å². The van der Waals surface area contributed by atoms with Gasteiger partial charge < -0.3 is 5.32 Å². The zero-order valence-electron chi connectivity index (χ0n) is 22.8. The fourth-order valence-electron chi connectivity index (χ4n) is 5.65. The van der Waals surface area contributed by atoms with Crippen molar-refractivity contribution in [3.63, 3.8) is 0 Å². The maximum absolute atomic E-state index is 13.6. The third-order valence-corrected chi connectivity index (χ3v) is 8.09. The molecule has 40 heavy (non-hydrogen) atoms. The summed E-state index contributed by atoms with van der Waals surface area (Å²) in [5.41, 5.74) is 7.77. The van der Waals surface area contributed by atoms with Crippen LogP contribution in [0.1, 0.15) is 56.8 Å². The average molecular weight is 532 g/mol. The Hall–Kier alpha value is -4.58. The molecule has 0 spiro atoms. The van der Waals surface area contributed by atoms with E-state index in [4.69, 9.17) is 5.10 Å². The molecule has 1 amide bonds. The molecule has 1 N–H and O–H groups in total. The van der Waals surface area contributed by atoms with Crippen LogP contribution in [-0.2, 0) is 5.41 Å². The number of pyridine rings is 1. The zero-order chi connectivity index (χ0) is 28.0. The van der Waals surface area contributed by atoms with Crippen molar-refractivity contribution in [2.24, 2.45) is 0 Å². The molecular formula is C34H30FN3O2. The summed E-state index contributed by atoms with van der Waals surface area (Å²) in [6, 6.07) is 26.1. The van der Waals surface area contributed by atoms with E-state index in [1.54, 1.807) is 23.7 Å². The molecule has 200 valence electrons. The van der Waals surface area contributed by atoms with Crippen molar-refractivity contribution in [3.8, 4) is 22.4 Å². The number of fused-ring (bicyclic) bond motifs is 1. The van der Waals surface area contributed by atoms with Crippen LogP contribution in [0.5, 0.6) is 0 Å². The Morgan fingerprint density at radius 3 is 2.33 bits per heavy atom. The number of hydrogen-bond acceptors (Lipinski definition) is 3. The molecule has 1 saturated carbocycles. The number of nitrogens with zero attached hydrogens (tertiary/aromatic N) is 2. The Kier molecular flexibility index (Phi) is 6.34. The van der Waals surface area contributed by atoms with Gasteiger partial charge in [-0.1, -0.05) is 42.5 Å². The summed E-state index contributed by atoms with van der Waals surface area (Å²) < 4.78 is 15.4. The minimum absolute atomic E-state index is 0.0599. The van der Waals surface area contributed by atoms with Gasteiger partial charge in [0.25, 0.3) is 5.91 Å². The molecule has 6 rings (SSSR count). The zero-order valence-corrected chi connectivity index (χ0v) is 22.8. The maximum Gasteiger partial charge on any atom is 0.255 e. The minimum atomic E-state index is -0.353. The summed E-state index contributed by atoms with van der Waals surface area (Å²) in [7, 11) is 1.58. The van der Waals surface area contributed by atoms with Crippen LogP contribution in [0.2, 0.25) is 0 Å². The van der Waals surface area contributed by atoms with E-state index in [-0.39, 0.29) is 22.9 Å². The summed E-state index contributed by atoms with van der Waals surface area (Å²) in [4.78, 5) is 26.6. The summed E-state index contributed by atoms with van der Waals surface area (Å²) in [5, 5.41) is 7.46. The normalized spacial score (nSPS) is 13.8. The van der Waals surface area contributed by atoms with E-state index in [0.29, 0.717) is 34.3 Å². The van der Waals surface area contributed by atoms with E-state index in [2.05, 4.69) is 17.4 Å². The summed E-state index contributed by atoms with van der Waals surface area (Å²) >= 11 is 0. The second-order valence-corrected chi connectivity index (χ2v) is 10.8. The van der Waals surface area contributed by atoms with Gasteiger partial charge in [0, 0.05) is 35.7 Å². The highest BCUT2D eigenvalue weighted by molar-refractivity contribution is 6.07. The van der Waals surface area contributed by atoms with Crippen LogP contribution in [0, 0.1) is 19.7 Å². The van der Waals surface area contributed by atoms with E-state index < -0.39 is 0 Å². The average Bonchev–Trinajstić information content (AvgIpc) is 3.64. The molecule has 2 aromatic heterocycles. The molecule has 0 radical (unpaired) electrons. The Morgan fingerprint density at radius 2 is 1.65 bits per heavy atom. The van der Waals surface area contributed by atoms with Crippen molar-refractivity contribution < 1.29 is 14.0 Å². The molecule has 1 aliphatic rings. The lowest BCUT2D eigenvalue weighted by Crippen LogP contribution is -2.18. The molecule has 0 bridgehead atoms. The van der Waals surface area contributed by atoms with Crippen molar-refractivity contribution in [1.29, 1.82) is 0 Å². The predicted molar refractivity (Wildman–Crippen MR) is 155 cm³/mol. The van der Waals surface area contributed by atoms with Gasteiger partial charge >= 0.3 is 0 Å². The topological polar surface area (TPSA) is 63.5 Å². The van der Waals surface area contributed by atoms with E-state index >= 15 is 0 Å². The maximum atomic E-state index is 13.6. The first kappa shape index (κ1) is 25.7. The SMILES string of the molecule is CNC(=O)c1c(-c2ccc(F)cc2)nn2c(C)cc(-c3cc(C(=O)CC4(c5ccccc5)CC4)ccc3C)cc12. The summed E-state index contributed by atoms with van der Waals surface area (Å²) in [6.07, 6.45) is 2.54. The van der Waals surface area contributed by atoms with E-state index in [9.17, 15) is 14.0 Å². The standard InChI is InChI=1S/C34H30FN3O2/c1-21-9-10-24(30(39)20-34(15-16-34)26-7-5-4-6-8-26)18-28(21)25-17-22(2)38-29(19-25)31(33(40)36-3)32(37-38)23-11-13-27(35)14-12-23/h4-14,17-19H,15-16,20H2,1-3H3,(H,36,40). The summed E-state index contributed by atoms with van der Waals surface area (Å²) in [5.74, 6) is -0.495. The van der Waals surface area contributed by atoms with Crippen LogP contribution in [0.3, 0.4) is 0 Å². The number of carbonyl (C=O) groups is 2. The van der Waals surface area contributed by atoms with Gasteiger partial charge in [-0.05, 0) is 91.4 Å². The molecule has 0 unspecified atom stereocenters. The van der Waals surface area contributed by atoms with Crippen molar-refractivity contribution >= 4 is 17.2 Å². The number of hydrogen-bond donors (Lipinski definition) is 1. The van der Waals surface area contributed by atoms with E-state index in [1.807, 2.05) is 62.4 Å². The molecule has 0 saturated heterocycles. The van der Waals surface area contributed by atoms with Gasteiger partial charge in [-0.3, -0.25) is 9.59 Å². The number of ketones is 1. The lowest BCUT2D eigenvalue weighted by atomic mass is 9.87. The Labute approximate surface area is 232 Å². The highest BCUT2D eigenvalue weighted by atomic mass is 19.1. The first-order chi connectivity index (χ1) is 19.3. The highest BCUT2D eigenvalue weighted by Crippen LogP contribution is 2.51. The van der Waals surface area contributed by atoms with Crippen molar-refractivity contribution in [3.05, 3.63) is 119 Å². The molecule has 1 fully saturated rings. The first-order valence-corrected chi connectivity index (χ1v) is 13.5. The first-order valence-electron chi connectivity index (χ1n) is 13.5. The third-order valence-electron chi connectivity index (χ3n) is 8.09. The van der Waals surface area contributed by atoms with Gasteiger partial charge in [0.1, 0.15) is 11.5 Å². The van der Waals surface area contributed by atoms with Crippen molar-refractivity contribution in [1.82, 2.24) is 14.9 Å². The monoisotopic (exact) mass is 531 g/mol. The van der Waals surface area contributed by atoms with Crippen LogP contribution in [-0.4, -0.2) is 28.4 Å². The highest BCUT2D eigenvalue weighted by Gasteiger charge is 2.45. The van der Waals surface area contributed by atoms with Gasteiger partial charge in [-0.25, -0.2) is 8.91 Å². The number of rotatable bonds is 7. The van der Waals surface area contributed by atoms with Crippen LogP contribution in [0.25, 0.3) is 27.9 Å². The number of aromatic nitrogens is 2. The number of benzene rings is 3. The number of carbonyl (C=O) groups excluding carboxylic acids is 2. The second kappa shape index (κ2) is 9.87. The molecule has 5 nitrogen and oxygen atoms in total. The smallest absolute Gasteiger partial charge is 0.255 e.